The summed E-state index contributed by atoms with van der Waals surface area (Å²) in [4.78, 5) is 34.7. The Kier molecular flexibility index (Phi) is 5.66. The Labute approximate surface area is 122 Å². The van der Waals surface area contributed by atoms with E-state index in [1.165, 1.54) is 31.4 Å². The number of methoxy groups -OCH3 is 1. The van der Waals surface area contributed by atoms with E-state index in [1.807, 2.05) is 0 Å². The standard InChI is InChI=1S/C15H16O6/c1-4-21-15(19)12(9(2)16)13(17)10-6-5-7-11(8-10)14(18)20-3/h5-8,17H,4H2,1-3H3/b13-12-. The van der Waals surface area contributed by atoms with E-state index < -0.39 is 29.1 Å². The lowest BCUT2D eigenvalue weighted by Gasteiger charge is -2.08. The molecule has 0 aliphatic carbocycles. The van der Waals surface area contributed by atoms with Crippen molar-refractivity contribution in [3.8, 4) is 0 Å². The third-order valence-electron chi connectivity index (χ3n) is 2.63. The first-order valence-electron chi connectivity index (χ1n) is 6.22. The number of esters is 2. The lowest BCUT2D eigenvalue weighted by Crippen LogP contribution is -2.16. The average molecular weight is 292 g/mol. The number of hydrogen-bond donors (Lipinski definition) is 1. The van der Waals surface area contributed by atoms with Crippen LogP contribution in [-0.4, -0.2) is 36.5 Å². The Balaban J connectivity index is 3.33. The molecule has 21 heavy (non-hydrogen) atoms. The molecule has 1 aromatic carbocycles. The predicted molar refractivity (Wildman–Crippen MR) is 74.6 cm³/mol. The van der Waals surface area contributed by atoms with Crippen LogP contribution in [0.25, 0.3) is 5.76 Å². The summed E-state index contributed by atoms with van der Waals surface area (Å²) in [6.45, 7) is 2.81. The van der Waals surface area contributed by atoms with Crippen LogP contribution in [-0.2, 0) is 19.1 Å². The number of Topliss-reactive ketones (excluding diaryl/α,β-unsaturated/α-hetero) is 1. The number of rotatable bonds is 5. The lowest BCUT2D eigenvalue weighted by molar-refractivity contribution is -0.139. The summed E-state index contributed by atoms with van der Waals surface area (Å²) in [5, 5.41) is 10.1. The average Bonchev–Trinajstić information content (AvgIpc) is 2.46. The topological polar surface area (TPSA) is 89.9 Å². The number of carbonyl (C=O) groups excluding carboxylic acids is 3. The van der Waals surface area contributed by atoms with Gasteiger partial charge in [0.05, 0.1) is 19.3 Å². The maximum Gasteiger partial charge on any atom is 0.345 e. The van der Waals surface area contributed by atoms with Gasteiger partial charge >= 0.3 is 11.9 Å². The number of aliphatic hydroxyl groups excluding tert-OH is 1. The molecule has 1 rings (SSSR count). The largest absolute Gasteiger partial charge is 0.506 e. The molecule has 0 aromatic heterocycles. The zero-order valence-electron chi connectivity index (χ0n) is 12.0. The number of ketones is 1. The lowest BCUT2D eigenvalue weighted by atomic mass is 10.0. The molecule has 0 bridgehead atoms. The molecule has 6 heteroatoms. The third-order valence-corrected chi connectivity index (χ3v) is 2.63. The summed E-state index contributed by atoms with van der Waals surface area (Å²) < 4.78 is 9.31. The van der Waals surface area contributed by atoms with Gasteiger partial charge in [-0.1, -0.05) is 12.1 Å². The SMILES string of the molecule is CCOC(=O)/C(C(C)=O)=C(\O)c1cccc(C(=O)OC)c1. The normalized spacial score (nSPS) is 11.4. The number of hydrogen-bond acceptors (Lipinski definition) is 6. The fourth-order valence-electron chi connectivity index (χ4n) is 1.67. The van der Waals surface area contributed by atoms with E-state index in [0.717, 1.165) is 6.92 Å². The Bertz CT molecular complexity index is 600. The number of carbonyl (C=O) groups is 3. The molecular formula is C15H16O6. The predicted octanol–water partition coefficient (Wildman–Crippen LogP) is 1.89. The van der Waals surface area contributed by atoms with Crippen molar-refractivity contribution >= 4 is 23.5 Å². The highest BCUT2D eigenvalue weighted by Crippen LogP contribution is 2.19. The van der Waals surface area contributed by atoms with E-state index in [0.29, 0.717) is 0 Å². The summed E-state index contributed by atoms with van der Waals surface area (Å²) in [5.41, 5.74) is -0.122. The second kappa shape index (κ2) is 7.23. The van der Waals surface area contributed by atoms with Crippen molar-refractivity contribution in [3.63, 3.8) is 0 Å². The molecule has 0 saturated heterocycles. The van der Waals surface area contributed by atoms with Gasteiger partial charge in [0.25, 0.3) is 0 Å². The summed E-state index contributed by atoms with van der Waals surface area (Å²) in [6.07, 6.45) is 0. The van der Waals surface area contributed by atoms with Gasteiger partial charge in [-0.2, -0.15) is 0 Å². The first kappa shape index (κ1) is 16.4. The van der Waals surface area contributed by atoms with E-state index in [-0.39, 0.29) is 17.7 Å². The van der Waals surface area contributed by atoms with Crippen LogP contribution in [0.1, 0.15) is 29.8 Å². The molecule has 0 spiro atoms. The maximum absolute atomic E-state index is 11.7. The molecule has 0 fully saturated rings. The fraction of sp³-hybridized carbons (Fsp3) is 0.267. The molecule has 0 heterocycles. The second-order valence-corrected chi connectivity index (χ2v) is 4.07. The molecule has 0 amide bonds. The van der Waals surface area contributed by atoms with Crippen molar-refractivity contribution in [2.24, 2.45) is 0 Å². The zero-order valence-corrected chi connectivity index (χ0v) is 12.0. The van der Waals surface area contributed by atoms with Crippen molar-refractivity contribution in [3.05, 3.63) is 41.0 Å². The van der Waals surface area contributed by atoms with Crippen LogP contribution < -0.4 is 0 Å². The van der Waals surface area contributed by atoms with Crippen LogP contribution in [0.3, 0.4) is 0 Å². The summed E-state index contributed by atoms with van der Waals surface area (Å²) in [7, 11) is 1.23. The maximum atomic E-state index is 11.7. The number of benzene rings is 1. The van der Waals surface area contributed by atoms with Crippen LogP contribution in [0.4, 0.5) is 0 Å². The second-order valence-electron chi connectivity index (χ2n) is 4.07. The molecule has 0 atom stereocenters. The summed E-state index contributed by atoms with van der Waals surface area (Å²) in [6, 6.07) is 5.77. The Morgan fingerprint density at radius 3 is 2.33 bits per heavy atom. The van der Waals surface area contributed by atoms with Gasteiger partial charge in [-0.05, 0) is 26.0 Å². The Hall–Kier alpha value is -2.63. The van der Waals surface area contributed by atoms with Crippen molar-refractivity contribution in [2.45, 2.75) is 13.8 Å². The third kappa shape index (κ3) is 3.92. The fourth-order valence-corrected chi connectivity index (χ4v) is 1.67. The van der Waals surface area contributed by atoms with Crippen LogP contribution >= 0.6 is 0 Å². The van der Waals surface area contributed by atoms with Gasteiger partial charge in [-0.25, -0.2) is 9.59 Å². The minimum absolute atomic E-state index is 0.0745. The van der Waals surface area contributed by atoms with Gasteiger partial charge in [-0.15, -0.1) is 0 Å². The highest BCUT2D eigenvalue weighted by molar-refractivity contribution is 6.21. The molecule has 0 radical (unpaired) electrons. The first-order chi connectivity index (χ1) is 9.92. The van der Waals surface area contributed by atoms with Gasteiger partial charge in [0.15, 0.2) is 5.78 Å². The molecule has 1 aromatic rings. The van der Waals surface area contributed by atoms with Crippen LogP contribution in [0.5, 0.6) is 0 Å². The molecule has 0 unspecified atom stereocenters. The monoisotopic (exact) mass is 292 g/mol. The van der Waals surface area contributed by atoms with Gasteiger partial charge in [0.2, 0.25) is 0 Å². The van der Waals surface area contributed by atoms with Crippen molar-refractivity contribution in [1.82, 2.24) is 0 Å². The van der Waals surface area contributed by atoms with Gasteiger partial charge in [0, 0.05) is 5.56 Å². The molecule has 1 N–H and O–H groups in total. The molecule has 0 aliphatic heterocycles. The summed E-state index contributed by atoms with van der Waals surface area (Å²) in [5.74, 6) is -2.67. The minimum Gasteiger partial charge on any atom is -0.506 e. The molecule has 6 nitrogen and oxygen atoms in total. The van der Waals surface area contributed by atoms with E-state index >= 15 is 0 Å². The molecule has 0 aliphatic rings. The van der Waals surface area contributed by atoms with E-state index in [9.17, 15) is 19.5 Å². The molecule has 0 saturated carbocycles. The van der Waals surface area contributed by atoms with Crippen LogP contribution in [0, 0.1) is 0 Å². The smallest absolute Gasteiger partial charge is 0.345 e. The summed E-state index contributed by atoms with van der Waals surface area (Å²) >= 11 is 0. The van der Waals surface area contributed by atoms with Crippen LogP contribution in [0.2, 0.25) is 0 Å². The van der Waals surface area contributed by atoms with E-state index in [1.54, 1.807) is 6.92 Å². The minimum atomic E-state index is -0.911. The van der Waals surface area contributed by atoms with Gasteiger partial charge < -0.3 is 14.6 Å². The van der Waals surface area contributed by atoms with Gasteiger partial charge in [0.1, 0.15) is 11.3 Å². The Morgan fingerprint density at radius 1 is 1.19 bits per heavy atom. The number of aliphatic hydroxyl groups is 1. The van der Waals surface area contributed by atoms with E-state index in [4.69, 9.17) is 4.74 Å². The highest BCUT2D eigenvalue weighted by Gasteiger charge is 2.22. The van der Waals surface area contributed by atoms with Crippen molar-refractivity contribution in [2.75, 3.05) is 13.7 Å². The first-order valence-corrected chi connectivity index (χ1v) is 6.22. The highest BCUT2D eigenvalue weighted by atomic mass is 16.5. The molecule has 112 valence electrons. The zero-order chi connectivity index (χ0) is 16.0. The Morgan fingerprint density at radius 2 is 1.81 bits per heavy atom. The van der Waals surface area contributed by atoms with Gasteiger partial charge in [-0.3, -0.25) is 4.79 Å². The molecular weight excluding hydrogens is 276 g/mol. The van der Waals surface area contributed by atoms with E-state index in [2.05, 4.69) is 4.74 Å². The quantitative estimate of drug-likeness (QED) is 0.293. The van der Waals surface area contributed by atoms with Crippen LogP contribution in [0.15, 0.2) is 29.8 Å². The number of ether oxygens (including phenoxy) is 2. The van der Waals surface area contributed by atoms with Crippen molar-refractivity contribution in [1.29, 1.82) is 0 Å². The van der Waals surface area contributed by atoms with Crippen molar-refractivity contribution < 1.29 is 29.0 Å².